The number of sulfonamides is 1. The summed E-state index contributed by atoms with van der Waals surface area (Å²) in [5, 5.41) is 0. The highest BCUT2D eigenvalue weighted by atomic mass is 32.2. The number of anilines is 1. The lowest BCUT2D eigenvalue weighted by Gasteiger charge is -2.38. The Kier molecular flexibility index (Phi) is 6.75. The standard InChI is InChI=1S/C22H31N3O4S/c1-30(26,27)24-20-11-13-25(22-23-12-14-28-22)15-21(20)29-16-17-7-9-19(10-8-17)18-5-3-2-4-6-18/h2-6,12,14,17,19-21,24H,7-11,13,15-16H2,1H3/t17?,19?,20-,21+/m0/s1. The molecule has 0 unspecified atom stereocenters. The van der Waals surface area contributed by atoms with Crippen LogP contribution in [0.1, 0.15) is 43.6 Å². The second-order valence-electron chi connectivity index (χ2n) is 8.55. The molecule has 1 N–H and O–H groups in total. The van der Waals surface area contributed by atoms with Gasteiger partial charge in [0.25, 0.3) is 6.01 Å². The summed E-state index contributed by atoms with van der Waals surface area (Å²) in [6.45, 7) is 1.90. The van der Waals surface area contributed by atoms with Crippen molar-refractivity contribution < 1.29 is 17.6 Å². The Labute approximate surface area is 178 Å². The van der Waals surface area contributed by atoms with Crippen LogP contribution >= 0.6 is 0 Å². The van der Waals surface area contributed by atoms with Gasteiger partial charge in [-0.2, -0.15) is 0 Å². The minimum absolute atomic E-state index is 0.229. The summed E-state index contributed by atoms with van der Waals surface area (Å²) < 4.78 is 38.1. The fourth-order valence-corrected chi connectivity index (χ4v) is 5.51. The lowest BCUT2D eigenvalue weighted by atomic mass is 9.79. The van der Waals surface area contributed by atoms with E-state index < -0.39 is 10.0 Å². The minimum atomic E-state index is -3.30. The lowest BCUT2D eigenvalue weighted by Crippen LogP contribution is -2.55. The number of hydrogen-bond acceptors (Lipinski definition) is 6. The zero-order chi connectivity index (χ0) is 21.0. The third kappa shape index (κ3) is 5.62. The van der Waals surface area contributed by atoms with Gasteiger partial charge in [0.05, 0.1) is 31.1 Å². The molecule has 1 aliphatic heterocycles. The van der Waals surface area contributed by atoms with E-state index in [1.54, 1.807) is 12.5 Å². The van der Waals surface area contributed by atoms with Crippen LogP contribution in [0.5, 0.6) is 0 Å². The van der Waals surface area contributed by atoms with Gasteiger partial charge in [0, 0.05) is 13.2 Å². The average Bonchev–Trinajstić information content (AvgIpc) is 3.28. The Morgan fingerprint density at radius 2 is 1.93 bits per heavy atom. The van der Waals surface area contributed by atoms with Crippen LogP contribution in [0.25, 0.3) is 0 Å². The maximum atomic E-state index is 11.8. The molecule has 2 fully saturated rings. The van der Waals surface area contributed by atoms with Gasteiger partial charge in [-0.05, 0) is 49.5 Å². The van der Waals surface area contributed by atoms with E-state index in [-0.39, 0.29) is 12.1 Å². The SMILES string of the molecule is CS(=O)(=O)N[C@H]1CCN(c2ncco2)C[C@H]1OCC1CCC(c2ccccc2)CC1. The molecule has 1 aromatic heterocycles. The third-order valence-electron chi connectivity index (χ3n) is 6.28. The number of aromatic nitrogens is 1. The Morgan fingerprint density at radius 1 is 1.17 bits per heavy atom. The Hall–Kier alpha value is -1.90. The lowest BCUT2D eigenvalue weighted by molar-refractivity contribution is -0.00185. The van der Waals surface area contributed by atoms with Gasteiger partial charge < -0.3 is 14.1 Å². The van der Waals surface area contributed by atoms with Gasteiger partial charge in [-0.15, -0.1) is 0 Å². The zero-order valence-electron chi connectivity index (χ0n) is 17.4. The first-order valence-corrected chi connectivity index (χ1v) is 12.7. The van der Waals surface area contributed by atoms with Crippen LogP contribution in [-0.4, -0.2) is 51.5 Å². The normalized spacial score (nSPS) is 27.8. The molecule has 8 heteroatoms. The van der Waals surface area contributed by atoms with E-state index in [4.69, 9.17) is 9.15 Å². The monoisotopic (exact) mass is 433 g/mol. The number of nitrogens with zero attached hydrogens (tertiary/aromatic N) is 2. The maximum Gasteiger partial charge on any atom is 0.297 e. The second-order valence-corrected chi connectivity index (χ2v) is 10.3. The number of ether oxygens (including phenoxy) is 1. The van der Waals surface area contributed by atoms with Crippen molar-refractivity contribution in [2.45, 2.75) is 50.2 Å². The van der Waals surface area contributed by atoms with Gasteiger partial charge in [-0.1, -0.05) is 30.3 Å². The average molecular weight is 434 g/mol. The number of hydrogen-bond donors (Lipinski definition) is 1. The predicted molar refractivity (Wildman–Crippen MR) is 116 cm³/mol. The van der Waals surface area contributed by atoms with E-state index >= 15 is 0 Å². The number of oxazole rings is 1. The van der Waals surface area contributed by atoms with E-state index in [9.17, 15) is 8.42 Å². The number of nitrogens with one attached hydrogen (secondary N) is 1. The molecule has 1 aliphatic carbocycles. The Balaban J connectivity index is 1.33. The van der Waals surface area contributed by atoms with Crippen molar-refractivity contribution in [2.24, 2.45) is 5.92 Å². The van der Waals surface area contributed by atoms with E-state index in [0.717, 1.165) is 12.8 Å². The van der Waals surface area contributed by atoms with Crippen molar-refractivity contribution in [1.29, 1.82) is 0 Å². The largest absolute Gasteiger partial charge is 0.432 e. The number of rotatable bonds is 7. The third-order valence-corrected chi connectivity index (χ3v) is 7.01. The van der Waals surface area contributed by atoms with Crippen LogP contribution in [0, 0.1) is 5.92 Å². The van der Waals surface area contributed by atoms with Crippen molar-refractivity contribution in [3.05, 3.63) is 48.4 Å². The Morgan fingerprint density at radius 3 is 2.60 bits per heavy atom. The number of benzene rings is 1. The smallest absolute Gasteiger partial charge is 0.297 e. The minimum Gasteiger partial charge on any atom is -0.432 e. The van der Waals surface area contributed by atoms with Crippen LogP contribution in [0.3, 0.4) is 0 Å². The van der Waals surface area contributed by atoms with Crippen LogP contribution in [0.15, 0.2) is 47.2 Å². The highest BCUT2D eigenvalue weighted by Gasteiger charge is 2.34. The van der Waals surface area contributed by atoms with Gasteiger partial charge in [0.15, 0.2) is 0 Å². The van der Waals surface area contributed by atoms with E-state index in [1.807, 2.05) is 4.90 Å². The highest BCUT2D eigenvalue weighted by Crippen LogP contribution is 2.36. The van der Waals surface area contributed by atoms with Gasteiger partial charge in [0.2, 0.25) is 10.0 Å². The van der Waals surface area contributed by atoms with Crippen molar-refractivity contribution >= 4 is 16.0 Å². The van der Waals surface area contributed by atoms with Gasteiger partial charge >= 0.3 is 0 Å². The first-order chi connectivity index (χ1) is 14.5. The molecule has 0 spiro atoms. The summed E-state index contributed by atoms with van der Waals surface area (Å²) in [7, 11) is -3.30. The molecule has 4 rings (SSSR count). The highest BCUT2D eigenvalue weighted by molar-refractivity contribution is 7.88. The van der Waals surface area contributed by atoms with Crippen molar-refractivity contribution in [3.8, 4) is 0 Å². The predicted octanol–water partition coefficient (Wildman–Crippen LogP) is 3.16. The molecule has 164 valence electrons. The van der Waals surface area contributed by atoms with Crippen LogP contribution in [0.2, 0.25) is 0 Å². The first kappa shape index (κ1) is 21.3. The molecule has 0 radical (unpaired) electrons. The molecule has 2 heterocycles. The molecule has 7 nitrogen and oxygen atoms in total. The molecule has 1 aromatic carbocycles. The zero-order valence-corrected chi connectivity index (χ0v) is 18.3. The van der Waals surface area contributed by atoms with Crippen molar-refractivity contribution in [1.82, 2.24) is 9.71 Å². The fourth-order valence-electron chi connectivity index (χ4n) is 4.69. The maximum absolute atomic E-state index is 11.8. The summed E-state index contributed by atoms with van der Waals surface area (Å²) in [5.41, 5.74) is 1.43. The van der Waals surface area contributed by atoms with Gasteiger partial charge in [-0.3, -0.25) is 0 Å². The summed E-state index contributed by atoms with van der Waals surface area (Å²) in [6, 6.07) is 11.1. The molecule has 1 saturated heterocycles. The molecule has 2 aliphatic rings. The molecule has 2 atom stereocenters. The molecular formula is C22H31N3O4S. The number of piperidine rings is 1. The van der Waals surface area contributed by atoms with E-state index in [2.05, 4.69) is 40.0 Å². The Bertz CT molecular complexity index is 880. The van der Waals surface area contributed by atoms with Gasteiger partial charge in [0.1, 0.15) is 6.26 Å². The molecule has 30 heavy (non-hydrogen) atoms. The van der Waals surface area contributed by atoms with Crippen molar-refractivity contribution in [2.75, 3.05) is 30.9 Å². The van der Waals surface area contributed by atoms with Crippen LogP contribution < -0.4 is 9.62 Å². The fraction of sp³-hybridized carbons (Fsp3) is 0.591. The van der Waals surface area contributed by atoms with Crippen LogP contribution in [0.4, 0.5) is 6.01 Å². The molecule has 0 bridgehead atoms. The summed E-state index contributed by atoms with van der Waals surface area (Å²) in [5.74, 6) is 1.15. The summed E-state index contributed by atoms with van der Waals surface area (Å²) in [6.07, 6.45) is 9.43. The van der Waals surface area contributed by atoms with Crippen molar-refractivity contribution in [3.63, 3.8) is 0 Å². The molecule has 2 aromatic rings. The molecule has 1 saturated carbocycles. The summed E-state index contributed by atoms with van der Waals surface area (Å²) in [4.78, 5) is 6.25. The molecular weight excluding hydrogens is 402 g/mol. The quantitative estimate of drug-likeness (QED) is 0.722. The van der Waals surface area contributed by atoms with Gasteiger partial charge in [-0.25, -0.2) is 18.1 Å². The summed E-state index contributed by atoms with van der Waals surface area (Å²) >= 11 is 0. The van der Waals surface area contributed by atoms with Crippen LogP contribution in [-0.2, 0) is 14.8 Å². The molecule has 0 amide bonds. The van der Waals surface area contributed by atoms with E-state index in [0.29, 0.717) is 44.0 Å². The topological polar surface area (TPSA) is 84.7 Å². The second kappa shape index (κ2) is 9.49. The van der Waals surface area contributed by atoms with E-state index in [1.165, 1.54) is 24.7 Å². The first-order valence-electron chi connectivity index (χ1n) is 10.8.